The Morgan fingerprint density at radius 3 is 2.69 bits per heavy atom. The van der Waals surface area contributed by atoms with Gasteiger partial charge in [0.25, 0.3) is 0 Å². The number of oxazole rings is 1. The van der Waals surface area contributed by atoms with Crippen molar-refractivity contribution in [3.05, 3.63) is 41.3 Å². The Labute approximate surface area is 154 Å². The Kier molecular flexibility index (Phi) is 4.57. The lowest BCUT2D eigenvalue weighted by atomic mass is 9.92. The van der Waals surface area contributed by atoms with Crippen LogP contribution in [0.25, 0.3) is 11.5 Å². The number of amides is 1. The van der Waals surface area contributed by atoms with Crippen molar-refractivity contribution >= 4 is 5.91 Å². The summed E-state index contributed by atoms with van der Waals surface area (Å²) in [6.45, 7) is 6.04. The van der Waals surface area contributed by atoms with E-state index in [1.54, 1.807) is 0 Å². The summed E-state index contributed by atoms with van der Waals surface area (Å²) in [4.78, 5) is 19.2. The van der Waals surface area contributed by atoms with Crippen LogP contribution in [0.1, 0.15) is 49.1 Å². The van der Waals surface area contributed by atoms with E-state index in [2.05, 4.69) is 11.9 Å². The van der Waals surface area contributed by atoms with Gasteiger partial charge in [-0.3, -0.25) is 4.79 Å². The quantitative estimate of drug-likeness (QED) is 0.835. The van der Waals surface area contributed by atoms with Crippen molar-refractivity contribution < 1.29 is 13.9 Å². The van der Waals surface area contributed by atoms with Crippen molar-refractivity contribution in [2.24, 2.45) is 0 Å². The molecule has 2 aromatic rings. The molecule has 5 heteroatoms. The highest BCUT2D eigenvalue weighted by atomic mass is 16.5. The zero-order valence-corrected chi connectivity index (χ0v) is 15.6. The van der Waals surface area contributed by atoms with Gasteiger partial charge in [-0.2, -0.15) is 0 Å². The number of hydrogen-bond donors (Lipinski definition) is 0. The molecule has 0 radical (unpaired) electrons. The monoisotopic (exact) mass is 354 g/mol. The van der Waals surface area contributed by atoms with Crippen LogP contribution in [0.4, 0.5) is 0 Å². The highest BCUT2D eigenvalue weighted by Gasteiger charge is 2.38. The van der Waals surface area contributed by atoms with Crippen molar-refractivity contribution in [2.75, 3.05) is 13.2 Å². The van der Waals surface area contributed by atoms with E-state index in [4.69, 9.17) is 9.15 Å². The number of aromatic nitrogens is 1. The molecule has 4 rings (SSSR count). The number of carbonyl (C=O) groups excluding carboxylic acids is 1. The third-order valence-corrected chi connectivity index (χ3v) is 5.70. The molecule has 1 aromatic heterocycles. The number of benzene rings is 1. The Balaban J connectivity index is 1.50. The zero-order chi connectivity index (χ0) is 18.1. The molecule has 1 spiro atoms. The standard InChI is InChI=1S/C21H26N2O3/c1-15-4-6-17(7-5-15)20-22-18(16(2)26-20)14-23-12-11-21(9-3-13-25-21)10-8-19(23)24/h4-7H,3,8-14H2,1-2H3. The Hall–Kier alpha value is -2.14. The van der Waals surface area contributed by atoms with Crippen LogP contribution >= 0.6 is 0 Å². The first-order valence-electron chi connectivity index (χ1n) is 9.50. The molecule has 2 aliphatic heterocycles. The SMILES string of the molecule is Cc1ccc(-c2nc(CN3CCC4(CCCO4)CCC3=O)c(C)o2)cc1. The van der Waals surface area contributed by atoms with Gasteiger partial charge in [0.05, 0.1) is 12.1 Å². The lowest BCUT2D eigenvalue weighted by Gasteiger charge is -2.26. The minimum atomic E-state index is -0.0731. The van der Waals surface area contributed by atoms with Crippen LogP contribution in [0.2, 0.25) is 0 Å². The molecular formula is C21H26N2O3. The second kappa shape index (κ2) is 6.88. The predicted molar refractivity (Wildman–Crippen MR) is 98.6 cm³/mol. The van der Waals surface area contributed by atoms with E-state index < -0.39 is 0 Å². The van der Waals surface area contributed by atoms with Crippen LogP contribution in [0.5, 0.6) is 0 Å². The fraction of sp³-hybridized carbons (Fsp3) is 0.524. The molecule has 1 amide bonds. The predicted octanol–water partition coefficient (Wildman–Crippen LogP) is 4.02. The van der Waals surface area contributed by atoms with Crippen molar-refractivity contribution in [3.63, 3.8) is 0 Å². The third kappa shape index (κ3) is 3.40. The fourth-order valence-electron chi connectivity index (χ4n) is 3.97. The van der Waals surface area contributed by atoms with Crippen molar-refractivity contribution in [1.29, 1.82) is 0 Å². The fourth-order valence-corrected chi connectivity index (χ4v) is 3.97. The first-order valence-corrected chi connectivity index (χ1v) is 9.50. The molecular weight excluding hydrogens is 328 g/mol. The summed E-state index contributed by atoms with van der Waals surface area (Å²) in [7, 11) is 0. The van der Waals surface area contributed by atoms with Gasteiger partial charge < -0.3 is 14.1 Å². The number of hydrogen-bond acceptors (Lipinski definition) is 4. The van der Waals surface area contributed by atoms with Gasteiger partial charge in [0.2, 0.25) is 11.8 Å². The van der Waals surface area contributed by atoms with Crippen LogP contribution in [-0.4, -0.2) is 34.5 Å². The average Bonchev–Trinajstić information content (AvgIpc) is 3.20. The topological polar surface area (TPSA) is 55.6 Å². The van der Waals surface area contributed by atoms with Gasteiger partial charge in [-0.1, -0.05) is 17.7 Å². The molecule has 2 aliphatic rings. The van der Waals surface area contributed by atoms with Gasteiger partial charge in [0.15, 0.2) is 0 Å². The zero-order valence-electron chi connectivity index (χ0n) is 15.6. The summed E-state index contributed by atoms with van der Waals surface area (Å²) < 4.78 is 11.9. The first-order chi connectivity index (χ1) is 12.5. The number of ether oxygens (including phenoxy) is 1. The maximum Gasteiger partial charge on any atom is 0.226 e. The van der Waals surface area contributed by atoms with Crippen molar-refractivity contribution in [1.82, 2.24) is 9.88 Å². The van der Waals surface area contributed by atoms with Gasteiger partial charge in [-0.05, 0) is 51.7 Å². The summed E-state index contributed by atoms with van der Waals surface area (Å²) in [5, 5.41) is 0. The summed E-state index contributed by atoms with van der Waals surface area (Å²) in [5.74, 6) is 1.59. The second-order valence-corrected chi connectivity index (χ2v) is 7.59. The number of rotatable bonds is 3. The van der Waals surface area contributed by atoms with Crippen LogP contribution < -0.4 is 0 Å². The molecule has 2 saturated heterocycles. The molecule has 26 heavy (non-hydrogen) atoms. The summed E-state index contributed by atoms with van der Waals surface area (Å²) in [6, 6.07) is 8.13. The molecule has 2 fully saturated rings. The molecule has 138 valence electrons. The van der Waals surface area contributed by atoms with Crippen molar-refractivity contribution in [3.8, 4) is 11.5 Å². The summed E-state index contributed by atoms with van der Waals surface area (Å²) >= 11 is 0. The normalized spacial score (nSPS) is 23.6. The second-order valence-electron chi connectivity index (χ2n) is 7.59. The lowest BCUT2D eigenvalue weighted by molar-refractivity contribution is -0.131. The minimum absolute atomic E-state index is 0.0731. The highest BCUT2D eigenvalue weighted by Crippen LogP contribution is 2.36. The van der Waals surface area contributed by atoms with Crippen molar-refractivity contribution in [2.45, 2.75) is 58.1 Å². The smallest absolute Gasteiger partial charge is 0.226 e. The van der Waals surface area contributed by atoms with Crippen LogP contribution in [0.3, 0.4) is 0 Å². The minimum Gasteiger partial charge on any atom is -0.441 e. The lowest BCUT2D eigenvalue weighted by Crippen LogP contribution is -2.32. The Bertz CT molecular complexity index is 788. The Morgan fingerprint density at radius 2 is 1.96 bits per heavy atom. The summed E-state index contributed by atoms with van der Waals surface area (Å²) in [6.07, 6.45) is 4.50. The molecule has 0 saturated carbocycles. The van der Waals surface area contributed by atoms with E-state index in [0.29, 0.717) is 18.9 Å². The average molecular weight is 354 g/mol. The molecule has 1 unspecified atom stereocenters. The maximum atomic E-state index is 12.6. The van der Waals surface area contributed by atoms with Crippen LogP contribution in [0, 0.1) is 13.8 Å². The van der Waals surface area contributed by atoms with E-state index in [9.17, 15) is 4.79 Å². The van der Waals surface area contributed by atoms with Gasteiger partial charge in [0.1, 0.15) is 11.5 Å². The number of likely N-dealkylation sites (tertiary alicyclic amines) is 1. The van der Waals surface area contributed by atoms with E-state index in [1.165, 1.54) is 5.56 Å². The third-order valence-electron chi connectivity index (χ3n) is 5.70. The molecule has 3 heterocycles. The highest BCUT2D eigenvalue weighted by molar-refractivity contribution is 5.76. The largest absolute Gasteiger partial charge is 0.441 e. The van der Waals surface area contributed by atoms with Gasteiger partial charge >= 0.3 is 0 Å². The number of carbonyl (C=O) groups is 1. The van der Waals surface area contributed by atoms with Gasteiger partial charge in [0, 0.05) is 25.1 Å². The number of nitrogens with zero attached hydrogens (tertiary/aromatic N) is 2. The number of aryl methyl sites for hydroxylation is 2. The van der Waals surface area contributed by atoms with Gasteiger partial charge in [-0.25, -0.2) is 4.98 Å². The molecule has 1 atom stereocenters. The van der Waals surface area contributed by atoms with Crippen LogP contribution in [0.15, 0.2) is 28.7 Å². The van der Waals surface area contributed by atoms with Crippen LogP contribution in [-0.2, 0) is 16.1 Å². The van der Waals surface area contributed by atoms with E-state index in [1.807, 2.05) is 36.1 Å². The molecule has 0 aliphatic carbocycles. The molecule has 5 nitrogen and oxygen atoms in total. The summed E-state index contributed by atoms with van der Waals surface area (Å²) in [5.41, 5.74) is 2.94. The van der Waals surface area contributed by atoms with E-state index in [-0.39, 0.29) is 11.5 Å². The van der Waals surface area contributed by atoms with E-state index in [0.717, 1.165) is 55.9 Å². The first kappa shape index (κ1) is 17.3. The van der Waals surface area contributed by atoms with E-state index >= 15 is 0 Å². The van der Waals surface area contributed by atoms with Gasteiger partial charge in [-0.15, -0.1) is 0 Å². The Morgan fingerprint density at radius 1 is 1.15 bits per heavy atom. The molecule has 1 aromatic carbocycles. The maximum absolute atomic E-state index is 12.6. The molecule has 0 bridgehead atoms. The molecule has 0 N–H and O–H groups in total.